The Kier molecular flexibility index (Phi) is 2.83. The number of hydrogen-bond donors (Lipinski definition) is 0. The number of halogens is 1. The quantitative estimate of drug-likeness (QED) is 0.792. The lowest BCUT2D eigenvalue weighted by atomic mass is 10.1. The standard InChI is InChI=1S/C12H13ClN2O2S/c13-11-3-1-2-10-7-14-12(15(10)11)6-9-4-5-18(16,17)8-9/h1-3,7,9H,4-6,8H2. The van der Waals surface area contributed by atoms with Crippen LogP contribution in [0.4, 0.5) is 0 Å². The Morgan fingerprint density at radius 1 is 1.44 bits per heavy atom. The van der Waals surface area contributed by atoms with Crippen LogP contribution in [-0.2, 0) is 16.3 Å². The van der Waals surface area contributed by atoms with E-state index in [1.165, 1.54) is 0 Å². The summed E-state index contributed by atoms with van der Waals surface area (Å²) in [6.45, 7) is 0. The van der Waals surface area contributed by atoms with Gasteiger partial charge in [0.05, 0.1) is 23.2 Å². The third kappa shape index (κ3) is 2.12. The predicted octanol–water partition coefficient (Wildman–Crippen LogP) is 1.96. The van der Waals surface area contributed by atoms with Crippen LogP contribution in [0.1, 0.15) is 12.2 Å². The van der Waals surface area contributed by atoms with Crippen LogP contribution in [0.2, 0.25) is 5.15 Å². The van der Waals surface area contributed by atoms with Gasteiger partial charge in [0.15, 0.2) is 9.84 Å². The third-order valence-corrected chi connectivity index (χ3v) is 5.51. The van der Waals surface area contributed by atoms with E-state index in [0.29, 0.717) is 17.3 Å². The fourth-order valence-corrected chi connectivity index (χ4v) is 4.63. The zero-order valence-corrected chi connectivity index (χ0v) is 11.3. The molecule has 1 aliphatic rings. The van der Waals surface area contributed by atoms with Crippen molar-refractivity contribution in [2.45, 2.75) is 12.8 Å². The van der Waals surface area contributed by atoms with Gasteiger partial charge in [-0.05, 0) is 24.5 Å². The monoisotopic (exact) mass is 284 g/mol. The van der Waals surface area contributed by atoms with Crippen molar-refractivity contribution in [3.8, 4) is 0 Å². The van der Waals surface area contributed by atoms with Gasteiger partial charge in [0.1, 0.15) is 11.0 Å². The Hall–Kier alpha value is -1.07. The smallest absolute Gasteiger partial charge is 0.150 e. The lowest BCUT2D eigenvalue weighted by molar-refractivity contribution is 0.568. The normalized spacial score (nSPS) is 22.6. The summed E-state index contributed by atoms with van der Waals surface area (Å²) in [5, 5.41) is 0.612. The molecule has 1 atom stereocenters. The van der Waals surface area contributed by atoms with Crippen molar-refractivity contribution in [3.05, 3.63) is 35.4 Å². The maximum absolute atomic E-state index is 11.4. The summed E-state index contributed by atoms with van der Waals surface area (Å²) in [6, 6.07) is 5.63. The number of nitrogens with zero attached hydrogens (tertiary/aromatic N) is 2. The second-order valence-corrected chi connectivity index (χ2v) is 7.37. The van der Waals surface area contributed by atoms with Crippen LogP contribution in [0.3, 0.4) is 0 Å². The van der Waals surface area contributed by atoms with Gasteiger partial charge in [-0.3, -0.25) is 4.40 Å². The van der Waals surface area contributed by atoms with Gasteiger partial charge in [0, 0.05) is 6.42 Å². The Morgan fingerprint density at radius 3 is 3.00 bits per heavy atom. The first kappa shape index (κ1) is 12.0. The maximum atomic E-state index is 11.4. The van der Waals surface area contributed by atoms with Crippen molar-refractivity contribution in [1.82, 2.24) is 9.38 Å². The summed E-state index contributed by atoms with van der Waals surface area (Å²) >= 11 is 6.15. The highest BCUT2D eigenvalue weighted by Crippen LogP contribution is 2.24. The molecule has 0 amide bonds. The Morgan fingerprint density at radius 2 is 2.28 bits per heavy atom. The molecular formula is C12H13ClN2O2S. The van der Waals surface area contributed by atoms with Crippen molar-refractivity contribution in [2.75, 3.05) is 11.5 Å². The number of sulfone groups is 1. The first-order chi connectivity index (χ1) is 8.55. The van der Waals surface area contributed by atoms with Gasteiger partial charge in [-0.1, -0.05) is 17.7 Å². The molecule has 3 rings (SSSR count). The molecule has 0 bridgehead atoms. The number of aromatic nitrogens is 2. The van der Waals surface area contributed by atoms with Gasteiger partial charge >= 0.3 is 0 Å². The molecule has 2 aromatic heterocycles. The first-order valence-electron chi connectivity index (χ1n) is 5.86. The zero-order chi connectivity index (χ0) is 12.8. The Bertz CT molecular complexity index is 693. The van der Waals surface area contributed by atoms with E-state index in [4.69, 9.17) is 11.6 Å². The number of pyridine rings is 1. The van der Waals surface area contributed by atoms with E-state index < -0.39 is 9.84 Å². The van der Waals surface area contributed by atoms with Crippen LogP contribution in [0.15, 0.2) is 24.4 Å². The molecule has 0 aromatic carbocycles. The van der Waals surface area contributed by atoms with Crippen LogP contribution >= 0.6 is 11.6 Å². The number of fused-ring (bicyclic) bond motifs is 1. The molecule has 2 aromatic rings. The molecule has 0 spiro atoms. The largest absolute Gasteiger partial charge is 0.287 e. The van der Waals surface area contributed by atoms with Crippen LogP contribution in [-0.4, -0.2) is 29.3 Å². The van der Waals surface area contributed by atoms with Crippen LogP contribution in [0.5, 0.6) is 0 Å². The van der Waals surface area contributed by atoms with Crippen molar-refractivity contribution in [2.24, 2.45) is 5.92 Å². The number of rotatable bonds is 2. The highest BCUT2D eigenvalue weighted by atomic mass is 35.5. The van der Waals surface area contributed by atoms with E-state index in [-0.39, 0.29) is 11.7 Å². The minimum absolute atomic E-state index is 0.164. The molecule has 4 nitrogen and oxygen atoms in total. The molecule has 0 N–H and O–H groups in total. The van der Waals surface area contributed by atoms with E-state index >= 15 is 0 Å². The zero-order valence-electron chi connectivity index (χ0n) is 9.71. The molecule has 1 aliphatic heterocycles. The third-order valence-electron chi connectivity index (χ3n) is 3.37. The molecule has 0 radical (unpaired) electrons. The summed E-state index contributed by atoms with van der Waals surface area (Å²) in [6.07, 6.45) is 3.16. The van der Waals surface area contributed by atoms with Crippen molar-refractivity contribution < 1.29 is 8.42 Å². The average molecular weight is 285 g/mol. The van der Waals surface area contributed by atoms with Gasteiger partial charge in [0.2, 0.25) is 0 Å². The van der Waals surface area contributed by atoms with Gasteiger partial charge < -0.3 is 0 Å². The molecule has 3 heterocycles. The van der Waals surface area contributed by atoms with Crippen molar-refractivity contribution >= 4 is 27.0 Å². The number of hydrogen-bond acceptors (Lipinski definition) is 3. The summed E-state index contributed by atoms with van der Waals surface area (Å²) in [5.74, 6) is 1.58. The lowest BCUT2D eigenvalue weighted by Gasteiger charge is -2.07. The van der Waals surface area contributed by atoms with Crippen LogP contribution in [0.25, 0.3) is 5.52 Å². The number of imidazole rings is 1. The highest BCUT2D eigenvalue weighted by Gasteiger charge is 2.28. The average Bonchev–Trinajstić information content (AvgIpc) is 2.85. The molecule has 1 fully saturated rings. The second-order valence-electron chi connectivity index (χ2n) is 4.76. The Balaban J connectivity index is 1.92. The van der Waals surface area contributed by atoms with Crippen LogP contribution < -0.4 is 0 Å². The van der Waals surface area contributed by atoms with E-state index in [0.717, 1.165) is 17.8 Å². The molecule has 96 valence electrons. The molecule has 18 heavy (non-hydrogen) atoms. The van der Waals surface area contributed by atoms with Gasteiger partial charge in [-0.2, -0.15) is 0 Å². The van der Waals surface area contributed by atoms with E-state index in [1.54, 1.807) is 6.20 Å². The molecular weight excluding hydrogens is 272 g/mol. The maximum Gasteiger partial charge on any atom is 0.150 e. The van der Waals surface area contributed by atoms with E-state index in [2.05, 4.69) is 4.98 Å². The molecule has 1 unspecified atom stereocenters. The second kappa shape index (κ2) is 4.24. The Labute approximate surface area is 111 Å². The minimum Gasteiger partial charge on any atom is -0.287 e. The van der Waals surface area contributed by atoms with E-state index in [9.17, 15) is 8.42 Å². The minimum atomic E-state index is -2.83. The van der Waals surface area contributed by atoms with Gasteiger partial charge in [0.25, 0.3) is 0 Å². The SMILES string of the molecule is O=S1(=O)CCC(Cc2ncc3cccc(Cl)n23)C1. The van der Waals surface area contributed by atoms with E-state index in [1.807, 2.05) is 22.6 Å². The van der Waals surface area contributed by atoms with Crippen molar-refractivity contribution in [1.29, 1.82) is 0 Å². The molecule has 0 saturated carbocycles. The van der Waals surface area contributed by atoms with Crippen LogP contribution in [0, 0.1) is 5.92 Å². The van der Waals surface area contributed by atoms with Crippen molar-refractivity contribution in [3.63, 3.8) is 0 Å². The molecule has 0 aliphatic carbocycles. The molecule has 1 saturated heterocycles. The molecule has 6 heteroatoms. The fraction of sp³-hybridized carbons (Fsp3) is 0.417. The topological polar surface area (TPSA) is 51.4 Å². The highest BCUT2D eigenvalue weighted by molar-refractivity contribution is 7.91. The first-order valence-corrected chi connectivity index (χ1v) is 8.06. The summed E-state index contributed by atoms with van der Waals surface area (Å²) < 4.78 is 24.8. The summed E-state index contributed by atoms with van der Waals surface area (Å²) in [4.78, 5) is 4.35. The summed E-state index contributed by atoms with van der Waals surface area (Å²) in [5.41, 5.74) is 0.943. The fourth-order valence-electron chi connectivity index (χ4n) is 2.51. The van der Waals surface area contributed by atoms with Gasteiger partial charge in [-0.25, -0.2) is 13.4 Å². The summed E-state index contributed by atoms with van der Waals surface area (Å²) in [7, 11) is -2.83. The van der Waals surface area contributed by atoms with Gasteiger partial charge in [-0.15, -0.1) is 0 Å². The predicted molar refractivity (Wildman–Crippen MR) is 70.7 cm³/mol. The lowest BCUT2D eigenvalue weighted by Crippen LogP contribution is -2.10.